The highest BCUT2D eigenvalue weighted by Crippen LogP contribution is 2.27. The first-order valence-electron chi connectivity index (χ1n) is 7.77. The van der Waals surface area contributed by atoms with Crippen LogP contribution in [0.2, 0.25) is 0 Å². The van der Waals surface area contributed by atoms with Gasteiger partial charge in [0.2, 0.25) is 0 Å². The average molecular weight is 305 g/mol. The Hall–Kier alpha value is -1.33. The third kappa shape index (κ3) is 3.14. The van der Waals surface area contributed by atoms with E-state index in [9.17, 15) is 0 Å². The number of hydrogen-bond acceptors (Lipinski definition) is 4. The lowest BCUT2D eigenvalue weighted by Crippen LogP contribution is -2.49. The van der Waals surface area contributed by atoms with Gasteiger partial charge in [-0.25, -0.2) is 0 Å². The molecule has 5 heteroatoms. The predicted molar refractivity (Wildman–Crippen MR) is 89.9 cm³/mol. The smallest absolute Gasteiger partial charge is 0.259 e. The average Bonchev–Trinajstić information content (AvgIpc) is 2.55. The summed E-state index contributed by atoms with van der Waals surface area (Å²) in [5, 5.41) is 4.10. The zero-order valence-corrected chi connectivity index (χ0v) is 13.4. The van der Waals surface area contributed by atoms with Crippen molar-refractivity contribution < 1.29 is 4.74 Å². The Morgan fingerprint density at radius 3 is 2.86 bits per heavy atom. The van der Waals surface area contributed by atoms with E-state index in [-0.39, 0.29) is 0 Å². The maximum atomic E-state index is 5.44. The van der Waals surface area contributed by atoms with Crippen LogP contribution in [0.1, 0.15) is 18.1 Å². The van der Waals surface area contributed by atoms with Crippen LogP contribution in [-0.4, -0.2) is 49.4 Å². The molecule has 0 saturated carbocycles. The van der Waals surface area contributed by atoms with Crippen molar-refractivity contribution in [3.05, 3.63) is 29.3 Å². The van der Waals surface area contributed by atoms with Crippen molar-refractivity contribution in [3.63, 3.8) is 0 Å². The third-order valence-corrected chi connectivity index (χ3v) is 4.64. The molecule has 0 unspecified atom stereocenters. The monoisotopic (exact) mass is 305 g/mol. The molecule has 0 aromatic heterocycles. The summed E-state index contributed by atoms with van der Waals surface area (Å²) in [5.41, 5.74) is 4.39. The zero-order chi connectivity index (χ0) is 14.7. The third-order valence-electron chi connectivity index (χ3n) is 4.26. The second kappa shape index (κ2) is 6.62. The number of piperazine rings is 1. The van der Waals surface area contributed by atoms with Crippen molar-refractivity contribution in [2.24, 2.45) is 0 Å². The lowest BCUT2D eigenvalue weighted by molar-refractivity contribution is 0.247. The van der Waals surface area contributed by atoms with E-state index in [1.54, 1.807) is 0 Å². The van der Waals surface area contributed by atoms with E-state index in [1.165, 1.54) is 16.8 Å². The first kappa shape index (κ1) is 14.6. The normalized spacial score (nSPS) is 18.3. The molecule has 2 aliphatic heterocycles. The Kier molecular flexibility index (Phi) is 4.60. The maximum absolute atomic E-state index is 5.44. The molecule has 0 atom stereocenters. The molecule has 3 rings (SSSR count). The minimum atomic E-state index is 0.649. The summed E-state index contributed by atoms with van der Waals surface area (Å²) in [5.74, 6) is 0. The second-order valence-corrected chi connectivity index (χ2v) is 5.86. The van der Waals surface area contributed by atoms with Crippen molar-refractivity contribution in [2.75, 3.05) is 44.2 Å². The van der Waals surface area contributed by atoms with Gasteiger partial charge in [0.15, 0.2) is 0 Å². The summed E-state index contributed by atoms with van der Waals surface area (Å²) < 4.78 is 5.44. The van der Waals surface area contributed by atoms with E-state index in [2.05, 4.69) is 33.3 Å². The highest BCUT2D eigenvalue weighted by Gasteiger charge is 2.22. The minimum Gasteiger partial charge on any atom is -0.471 e. The van der Waals surface area contributed by atoms with Crippen LogP contribution in [0.3, 0.4) is 0 Å². The van der Waals surface area contributed by atoms with Gasteiger partial charge in [-0.15, -0.1) is 0 Å². The molecule has 21 heavy (non-hydrogen) atoms. The van der Waals surface area contributed by atoms with Crippen LogP contribution in [0.4, 0.5) is 5.69 Å². The largest absolute Gasteiger partial charge is 0.471 e. The first-order valence-corrected chi connectivity index (χ1v) is 8.18. The summed E-state index contributed by atoms with van der Waals surface area (Å²) in [4.78, 5) is 4.67. The van der Waals surface area contributed by atoms with Gasteiger partial charge < -0.3 is 19.9 Å². The Morgan fingerprint density at radius 2 is 2.10 bits per heavy atom. The summed E-state index contributed by atoms with van der Waals surface area (Å²) in [6, 6.07) is 6.69. The van der Waals surface area contributed by atoms with Gasteiger partial charge in [-0.1, -0.05) is 12.1 Å². The minimum absolute atomic E-state index is 0.649. The van der Waals surface area contributed by atoms with Crippen LogP contribution >= 0.6 is 12.2 Å². The first-order chi connectivity index (χ1) is 10.3. The fraction of sp³-hybridized carbons (Fsp3) is 0.562. The Balaban J connectivity index is 1.69. The van der Waals surface area contributed by atoms with Crippen molar-refractivity contribution in [1.29, 1.82) is 0 Å². The molecule has 1 N–H and O–H groups in total. The molecule has 0 bridgehead atoms. The number of ether oxygens (including phenoxy) is 1. The number of nitrogens with zero attached hydrogens (tertiary/aromatic N) is 2. The number of nitrogens with one attached hydrogen (secondary N) is 1. The van der Waals surface area contributed by atoms with Crippen LogP contribution in [0.25, 0.3) is 0 Å². The molecule has 1 saturated heterocycles. The molecule has 2 heterocycles. The van der Waals surface area contributed by atoms with Crippen LogP contribution < -0.4 is 10.2 Å². The fourth-order valence-electron chi connectivity index (χ4n) is 3.15. The van der Waals surface area contributed by atoms with Gasteiger partial charge in [0, 0.05) is 38.4 Å². The Bertz CT molecular complexity index is 512. The number of fused-ring (bicyclic) bond motifs is 1. The summed E-state index contributed by atoms with van der Waals surface area (Å²) in [6.45, 7) is 8.62. The number of thiocarbonyl (C=S) groups is 1. The molecule has 0 aliphatic carbocycles. The highest BCUT2D eigenvalue weighted by molar-refractivity contribution is 7.80. The maximum Gasteiger partial charge on any atom is 0.259 e. The van der Waals surface area contributed by atoms with Gasteiger partial charge in [0.25, 0.3) is 5.17 Å². The lowest BCUT2D eigenvalue weighted by Gasteiger charge is -2.38. The van der Waals surface area contributed by atoms with E-state index in [4.69, 9.17) is 17.0 Å². The zero-order valence-electron chi connectivity index (χ0n) is 12.6. The molecule has 4 nitrogen and oxygen atoms in total. The fourth-order valence-corrected chi connectivity index (χ4v) is 3.45. The number of benzene rings is 1. The van der Waals surface area contributed by atoms with Gasteiger partial charge in [0.1, 0.15) is 0 Å². The van der Waals surface area contributed by atoms with E-state index in [0.29, 0.717) is 11.8 Å². The molecule has 0 radical (unpaired) electrons. The molecule has 1 aromatic carbocycles. The summed E-state index contributed by atoms with van der Waals surface area (Å²) in [7, 11) is 0. The molecular formula is C16H23N3OS. The van der Waals surface area contributed by atoms with Gasteiger partial charge >= 0.3 is 0 Å². The molecular weight excluding hydrogens is 282 g/mol. The van der Waals surface area contributed by atoms with Gasteiger partial charge in [-0.3, -0.25) is 0 Å². The summed E-state index contributed by atoms with van der Waals surface area (Å²) in [6.07, 6.45) is 1.13. The second-order valence-electron chi connectivity index (χ2n) is 5.51. The van der Waals surface area contributed by atoms with Crippen LogP contribution in [0.15, 0.2) is 18.2 Å². The molecule has 1 aromatic rings. The van der Waals surface area contributed by atoms with E-state index < -0.39 is 0 Å². The molecule has 114 valence electrons. The van der Waals surface area contributed by atoms with Crippen molar-refractivity contribution in [2.45, 2.75) is 19.9 Å². The van der Waals surface area contributed by atoms with Crippen molar-refractivity contribution in [3.8, 4) is 0 Å². The number of anilines is 1. The van der Waals surface area contributed by atoms with Crippen LogP contribution in [0.5, 0.6) is 0 Å². The van der Waals surface area contributed by atoms with Gasteiger partial charge in [0.05, 0.1) is 6.61 Å². The topological polar surface area (TPSA) is 27.7 Å². The highest BCUT2D eigenvalue weighted by atomic mass is 32.1. The molecule has 0 amide bonds. The van der Waals surface area contributed by atoms with Gasteiger partial charge in [-0.2, -0.15) is 0 Å². The Labute approximate surface area is 132 Å². The standard InChI is InChI=1S/C16H23N3OS/c1-2-20-16(21)19-10-8-18(9-11-19)15-5-3-4-13-12-17-7-6-14(13)15/h3-5,17H,2,6-12H2,1H3. The van der Waals surface area contributed by atoms with E-state index >= 15 is 0 Å². The van der Waals surface area contributed by atoms with Gasteiger partial charge in [-0.05, 0) is 49.3 Å². The molecule has 2 aliphatic rings. The quantitative estimate of drug-likeness (QED) is 0.841. The van der Waals surface area contributed by atoms with Crippen molar-refractivity contribution in [1.82, 2.24) is 10.2 Å². The Morgan fingerprint density at radius 1 is 1.29 bits per heavy atom. The van der Waals surface area contributed by atoms with Crippen LogP contribution in [0, 0.1) is 0 Å². The molecule has 1 fully saturated rings. The predicted octanol–water partition coefficient (Wildman–Crippen LogP) is 1.78. The summed E-state index contributed by atoms with van der Waals surface area (Å²) >= 11 is 5.30. The van der Waals surface area contributed by atoms with E-state index in [1.807, 2.05) is 6.92 Å². The number of rotatable bonds is 2. The van der Waals surface area contributed by atoms with Crippen molar-refractivity contribution >= 4 is 23.1 Å². The molecule has 0 spiro atoms. The number of hydrogen-bond donors (Lipinski definition) is 1. The van der Waals surface area contributed by atoms with Crippen LogP contribution in [-0.2, 0) is 17.7 Å². The van der Waals surface area contributed by atoms with E-state index in [0.717, 1.165) is 45.7 Å². The lowest BCUT2D eigenvalue weighted by atomic mass is 9.98. The SMILES string of the molecule is CCOC(=S)N1CCN(c2cccc3c2CCNC3)CC1.